The molecule has 1 rings (SSSR count). The normalized spacial score (nSPS) is 10.6. The average molecular weight is 237 g/mol. The summed E-state index contributed by atoms with van der Waals surface area (Å²) in [5, 5.41) is 12.0. The first kappa shape index (κ1) is 13.5. The number of rotatable bonds is 6. The van der Waals surface area contributed by atoms with Crippen LogP contribution in [0.25, 0.3) is 0 Å². The van der Waals surface area contributed by atoms with Crippen molar-refractivity contribution in [1.29, 1.82) is 5.41 Å². The molecule has 1 aromatic heterocycles. The molecule has 5 nitrogen and oxygen atoms in total. The van der Waals surface area contributed by atoms with Gasteiger partial charge in [-0.15, -0.1) is 0 Å². The highest BCUT2D eigenvalue weighted by molar-refractivity contribution is 6.00. The van der Waals surface area contributed by atoms with Gasteiger partial charge in [-0.25, -0.2) is 0 Å². The number of aryl methyl sites for hydroxylation is 2. The smallest absolute Gasteiger partial charge is 0.137 e. The van der Waals surface area contributed by atoms with Crippen LogP contribution in [0.1, 0.15) is 37.4 Å². The average Bonchev–Trinajstić information content (AvgIpc) is 2.53. The van der Waals surface area contributed by atoms with Crippen molar-refractivity contribution < 1.29 is 0 Å². The maximum atomic E-state index is 7.63. The third-order valence-corrected chi connectivity index (χ3v) is 2.92. The summed E-state index contributed by atoms with van der Waals surface area (Å²) >= 11 is 0. The van der Waals surface area contributed by atoms with Gasteiger partial charge in [-0.3, -0.25) is 10.1 Å². The first-order chi connectivity index (χ1) is 7.99. The molecule has 0 aromatic carbocycles. The number of nitrogens with zero attached hydrogens (tertiary/aromatic N) is 3. The summed E-state index contributed by atoms with van der Waals surface area (Å²) in [5.74, 6) is 1.03. The van der Waals surface area contributed by atoms with Gasteiger partial charge in [-0.05, 0) is 13.3 Å². The third-order valence-electron chi connectivity index (χ3n) is 2.92. The second kappa shape index (κ2) is 5.70. The van der Waals surface area contributed by atoms with Crippen LogP contribution in [-0.2, 0) is 7.05 Å². The van der Waals surface area contributed by atoms with E-state index in [0.717, 1.165) is 30.0 Å². The van der Waals surface area contributed by atoms with E-state index in [2.05, 4.69) is 16.9 Å². The summed E-state index contributed by atoms with van der Waals surface area (Å²) in [6, 6.07) is 0. The lowest BCUT2D eigenvalue weighted by Crippen LogP contribution is -2.25. The summed E-state index contributed by atoms with van der Waals surface area (Å²) in [6.45, 7) is 5.04. The lowest BCUT2D eigenvalue weighted by Gasteiger charge is -2.20. The highest BCUT2D eigenvalue weighted by Crippen LogP contribution is 2.21. The molecule has 96 valence electrons. The molecule has 3 N–H and O–H groups in total. The first-order valence-electron chi connectivity index (χ1n) is 6.08. The fraction of sp³-hybridized carbons (Fsp3) is 0.667. The van der Waals surface area contributed by atoms with E-state index in [9.17, 15) is 0 Å². The number of nitrogen functional groups attached to an aromatic ring is 1. The molecule has 0 unspecified atom stereocenters. The van der Waals surface area contributed by atoms with Crippen LogP contribution in [-0.4, -0.2) is 29.2 Å². The molecule has 0 amide bonds. The quantitative estimate of drug-likeness (QED) is 0.449. The second-order valence-electron chi connectivity index (χ2n) is 4.45. The molecular weight excluding hydrogens is 214 g/mol. The van der Waals surface area contributed by atoms with Gasteiger partial charge in [0.15, 0.2) is 0 Å². The maximum absolute atomic E-state index is 7.63. The summed E-state index contributed by atoms with van der Waals surface area (Å²) in [5.41, 5.74) is 7.20. The van der Waals surface area contributed by atoms with E-state index in [0.29, 0.717) is 0 Å². The molecule has 0 saturated carbocycles. The van der Waals surface area contributed by atoms with E-state index < -0.39 is 0 Å². The molecule has 0 saturated heterocycles. The standard InChI is InChI=1S/C12H23N5/c1-5-6-7-8-16(3)12-10(11(13)14)9(2)15-17(12)4/h5-8H2,1-4H3,(H3,13,14). The first-order valence-corrected chi connectivity index (χ1v) is 6.08. The van der Waals surface area contributed by atoms with Gasteiger partial charge in [-0.1, -0.05) is 19.8 Å². The highest BCUT2D eigenvalue weighted by atomic mass is 15.4. The molecular formula is C12H23N5. The summed E-state index contributed by atoms with van der Waals surface area (Å²) in [4.78, 5) is 2.13. The Morgan fingerprint density at radius 3 is 2.65 bits per heavy atom. The van der Waals surface area contributed by atoms with E-state index in [1.807, 2.05) is 21.0 Å². The molecule has 1 aromatic rings. The molecule has 17 heavy (non-hydrogen) atoms. The van der Waals surface area contributed by atoms with Crippen molar-refractivity contribution in [3.63, 3.8) is 0 Å². The third kappa shape index (κ3) is 2.99. The SMILES string of the molecule is CCCCCN(C)c1c(C(=N)N)c(C)nn1C. The van der Waals surface area contributed by atoms with Gasteiger partial charge in [-0.2, -0.15) is 5.10 Å². The van der Waals surface area contributed by atoms with E-state index in [1.165, 1.54) is 12.8 Å². The summed E-state index contributed by atoms with van der Waals surface area (Å²) in [7, 11) is 3.92. The van der Waals surface area contributed by atoms with Crippen LogP contribution >= 0.6 is 0 Å². The van der Waals surface area contributed by atoms with Gasteiger partial charge >= 0.3 is 0 Å². The van der Waals surface area contributed by atoms with Gasteiger partial charge in [0.05, 0.1) is 11.3 Å². The molecule has 0 aliphatic heterocycles. The van der Waals surface area contributed by atoms with E-state index >= 15 is 0 Å². The zero-order valence-electron chi connectivity index (χ0n) is 11.2. The minimum Gasteiger partial charge on any atom is -0.384 e. The number of nitrogens with two attached hydrogens (primary N) is 1. The van der Waals surface area contributed by atoms with E-state index in [1.54, 1.807) is 4.68 Å². The van der Waals surface area contributed by atoms with Gasteiger partial charge in [0.2, 0.25) is 0 Å². The highest BCUT2D eigenvalue weighted by Gasteiger charge is 2.18. The number of anilines is 1. The van der Waals surface area contributed by atoms with Crippen LogP contribution in [0.15, 0.2) is 0 Å². The molecule has 0 aliphatic rings. The Balaban J connectivity index is 2.92. The van der Waals surface area contributed by atoms with Crippen LogP contribution in [0.4, 0.5) is 5.82 Å². The van der Waals surface area contributed by atoms with Crippen molar-refractivity contribution in [2.75, 3.05) is 18.5 Å². The van der Waals surface area contributed by atoms with Gasteiger partial charge in [0, 0.05) is 20.6 Å². The van der Waals surface area contributed by atoms with Crippen molar-refractivity contribution in [3.8, 4) is 0 Å². The topological polar surface area (TPSA) is 70.9 Å². The molecule has 0 aliphatic carbocycles. The van der Waals surface area contributed by atoms with E-state index in [-0.39, 0.29) is 5.84 Å². The van der Waals surface area contributed by atoms with Gasteiger partial charge in [0.25, 0.3) is 0 Å². The van der Waals surface area contributed by atoms with Crippen molar-refractivity contribution in [1.82, 2.24) is 9.78 Å². The Hall–Kier alpha value is -1.52. The van der Waals surface area contributed by atoms with Crippen molar-refractivity contribution >= 4 is 11.7 Å². The molecule has 0 bridgehead atoms. The van der Waals surface area contributed by atoms with Gasteiger partial charge < -0.3 is 10.6 Å². The fourth-order valence-electron chi connectivity index (χ4n) is 2.10. The van der Waals surface area contributed by atoms with Crippen molar-refractivity contribution in [3.05, 3.63) is 11.3 Å². The monoisotopic (exact) mass is 237 g/mol. The van der Waals surface area contributed by atoms with E-state index in [4.69, 9.17) is 11.1 Å². The predicted molar refractivity (Wildman–Crippen MR) is 71.8 cm³/mol. The Morgan fingerprint density at radius 1 is 1.47 bits per heavy atom. The van der Waals surface area contributed by atoms with Crippen molar-refractivity contribution in [2.24, 2.45) is 12.8 Å². The number of unbranched alkanes of at least 4 members (excludes halogenated alkanes) is 2. The Morgan fingerprint density at radius 2 is 2.12 bits per heavy atom. The Labute approximate surface area is 103 Å². The van der Waals surface area contributed by atoms with Crippen LogP contribution in [0.5, 0.6) is 0 Å². The largest absolute Gasteiger partial charge is 0.384 e. The van der Waals surface area contributed by atoms with Gasteiger partial charge in [0.1, 0.15) is 11.7 Å². The Bertz CT molecular complexity index is 394. The minimum atomic E-state index is 0.0907. The molecule has 0 spiro atoms. The van der Waals surface area contributed by atoms with Crippen LogP contribution < -0.4 is 10.6 Å². The number of amidine groups is 1. The van der Waals surface area contributed by atoms with Crippen molar-refractivity contribution in [2.45, 2.75) is 33.1 Å². The maximum Gasteiger partial charge on any atom is 0.137 e. The van der Waals surface area contributed by atoms with Crippen LogP contribution in [0.2, 0.25) is 0 Å². The molecule has 0 fully saturated rings. The zero-order valence-corrected chi connectivity index (χ0v) is 11.2. The summed E-state index contributed by atoms with van der Waals surface area (Å²) in [6.07, 6.45) is 3.57. The lowest BCUT2D eigenvalue weighted by atomic mass is 10.2. The number of nitrogens with one attached hydrogen (secondary N) is 1. The predicted octanol–water partition coefficient (Wildman–Crippen LogP) is 1.64. The lowest BCUT2D eigenvalue weighted by molar-refractivity contribution is 0.676. The molecule has 0 radical (unpaired) electrons. The molecule has 0 atom stereocenters. The number of hydrogen-bond donors (Lipinski definition) is 2. The molecule has 5 heteroatoms. The number of hydrogen-bond acceptors (Lipinski definition) is 3. The fourth-order valence-corrected chi connectivity index (χ4v) is 2.10. The molecule has 1 heterocycles. The minimum absolute atomic E-state index is 0.0907. The van der Waals surface area contributed by atoms with Crippen LogP contribution in [0, 0.1) is 12.3 Å². The zero-order chi connectivity index (χ0) is 13.0. The Kier molecular flexibility index (Phi) is 4.54. The number of aromatic nitrogens is 2. The second-order valence-corrected chi connectivity index (χ2v) is 4.45. The van der Waals surface area contributed by atoms with Crippen LogP contribution in [0.3, 0.4) is 0 Å². The summed E-state index contributed by atoms with van der Waals surface area (Å²) < 4.78 is 1.80.